The molecule has 1 atom stereocenters. The second-order valence-corrected chi connectivity index (χ2v) is 5.09. The fraction of sp³-hybridized carbons (Fsp3) is 0.250. The maximum atomic E-state index is 14.1. The van der Waals surface area contributed by atoms with Crippen LogP contribution in [0, 0.1) is 12.7 Å². The Hall–Kier alpha value is -1.38. The molecule has 2 rings (SSSR count). The highest BCUT2D eigenvalue weighted by atomic mass is 35.5. The Morgan fingerprint density at radius 2 is 1.84 bits per heavy atom. The Balaban J connectivity index is 2.25. The van der Waals surface area contributed by atoms with Crippen molar-refractivity contribution in [1.82, 2.24) is 5.32 Å². The van der Waals surface area contributed by atoms with Gasteiger partial charge < -0.3 is 5.32 Å². The lowest BCUT2D eigenvalue weighted by Gasteiger charge is -2.18. The first-order valence-electron chi connectivity index (χ1n) is 6.28. The number of nitrogens with one attached hydrogen (secondary N) is 1. The molecule has 0 aliphatic heterocycles. The van der Waals surface area contributed by atoms with E-state index in [9.17, 15) is 4.39 Å². The van der Waals surface area contributed by atoms with Crippen LogP contribution in [0.15, 0.2) is 42.5 Å². The molecule has 2 aromatic carbocycles. The first-order chi connectivity index (χ1) is 9.11. The molecule has 2 aromatic rings. The summed E-state index contributed by atoms with van der Waals surface area (Å²) in [5.74, 6) is -0.129. The Morgan fingerprint density at radius 3 is 2.47 bits per heavy atom. The van der Waals surface area contributed by atoms with Gasteiger partial charge in [-0.2, -0.15) is 0 Å². The molecule has 1 N–H and O–H groups in total. The molecule has 0 saturated carbocycles. The molecule has 0 radical (unpaired) electrons. The second-order valence-electron chi connectivity index (χ2n) is 4.65. The minimum absolute atomic E-state index is 0.0407. The number of aryl methyl sites for hydroxylation is 1. The average molecular weight is 278 g/mol. The summed E-state index contributed by atoms with van der Waals surface area (Å²) in [5, 5.41) is 3.89. The van der Waals surface area contributed by atoms with E-state index in [1.165, 1.54) is 0 Å². The number of hydrogen-bond donors (Lipinski definition) is 1. The van der Waals surface area contributed by atoms with E-state index in [1.807, 2.05) is 43.4 Å². The van der Waals surface area contributed by atoms with Crippen molar-refractivity contribution in [2.75, 3.05) is 7.05 Å². The van der Waals surface area contributed by atoms with Gasteiger partial charge in [0, 0.05) is 16.6 Å². The largest absolute Gasteiger partial charge is 0.313 e. The molecular weight excluding hydrogens is 261 g/mol. The average Bonchev–Trinajstić information content (AvgIpc) is 2.42. The summed E-state index contributed by atoms with van der Waals surface area (Å²) in [5.41, 5.74) is 2.51. The van der Waals surface area contributed by atoms with Crippen molar-refractivity contribution in [2.45, 2.75) is 19.4 Å². The quantitative estimate of drug-likeness (QED) is 0.879. The van der Waals surface area contributed by atoms with Crippen molar-refractivity contribution >= 4 is 11.6 Å². The Bertz CT molecular complexity index is 551. The maximum absolute atomic E-state index is 14.1. The van der Waals surface area contributed by atoms with E-state index in [2.05, 4.69) is 5.32 Å². The molecule has 0 aliphatic carbocycles. The summed E-state index contributed by atoms with van der Waals surface area (Å²) in [6, 6.07) is 13.1. The van der Waals surface area contributed by atoms with Crippen molar-refractivity contribution in [3.8, 4) is 0 Å². The van der Waals surface area contributed by atoms with Crippen LogP contribution in [-0.4, -0.2) is 7.05 Å². The third-order valence-electron chi connectivity index (χ3n) is 3.30. The van der Waals surface area contributed by atoms with Crippen molar-refractivity contribution < 1.29 is 4.39 Å². The predicted octanol–water partition coefficient (Wildman–Crippen LogP) is 4.29. The predicted molar refractivity (Wildman–Crippen MR) is 78.1 cm³/mol. The first kappa shape index (κ1) is 14.0. The van der Waals surface area contributed by atoms with Gasteiger partial charge >= 0.3 is 0 Å². The van der Waals surface area contributed by atoms with E-state index >= 15 is 0 Å². The third-order valence-corrected chi connectivity index (χ3v) is 3.55. The molecule has 0 aromatic heterocycles. The van der Waals surface area contributed by atoms with Crippen molar-refractivity contribution in [3.63, 3.8) is 0 Å². The van der Waals surface area contributed by atoms with Crippen molar-refractivity contribution in [2.24, 2.45) is 0 Å². The highest BCUT2D eigenvalue weighted by Gasteiger charge is 2.15. The molecule has 19 heavy (non-hydrogen) atoms. The minimum Gasteiger partial charge on any atom is -0.313 e. The smallest absolute Gasteiger partial charge is 0.130 e. The van der Waals surface area contributed by atoms with E-state index < -0.39 is 0 Å². The van der Waals surface area contributed by atoms with Crippen LogP contribution >= 0.6 is 11.6 Å². The Kier molecular flexibility index (Phi) is 4.56. The minimum atomic E-state index is -0.129. The molecule has 1 nitrogen and oxygen atoms in total. The van der Waals surface area contributed by atoms with Gasteiger partial charge in [-0.25, -0.2) is 4.39 Å². The fourth-order valence-corrected chi connectivity index (χ4v) is 2.29. The van der Waals surface area contributed by atoms with Crippen molar-refractivity contribution in [1.29, 1.82) is 0 Å². The van der Waals surface area contributed by atoms with Gasteiger partial charge in [-0.1, -0.05) is 41.9 Å². The van der Waals surface area contributed by atoms with Crippen LogP contribution in [0.5, 0.6) is 0 Å². The molecule has 3 heteroatoms. The number of hydrogen-bond acceptors (Lipinski definition) is 1. The van der Waals surface area contributed by atoms with Crippen molar-refractivity contribution in [3.05, 3.63) is 70.0 Å². The van der Waals surface area contributed by atoms with Gasteiger partial charge in [-0.3, -0.25) is 0 Å². The van der Waals surface area contributed by atoms with E-state index in [0.717, 1.165) is 12.0 Å². The Morgan fingerprint density at radius 1 is 1.16 bits per heavy atom. The van der Waals surface area contributed by atoms with Crippen LogP contribution in [0.1, 0.15) is 22.7 Å². The zero-order chi connectivity index (χ0) is 13.8. The van der Waals surface area contributed by atoms with Gasteiger partial charge in [0.15, 0.2) is 0 Å². The molecule has 0 spiro atoms. The lowest BCUT2D eigenvalue weighted by Crippen LogP contribution is -2.20. The van der Waals surface area contributed by atoms with Crippen LogP contribution in [0.4, 0.5) is 4.39 Å². The molecule has 0 amide bonds. The van der Waals surface area contributed by atoms with Crippen LogP contribution in [0.2, 0.25) is 5.02 Å². The monoisotopic (exact) mass is 277 g/mol. The van der Waals surface area contributed by atoms with Crippen LogP contribution in [0.25, 0.3) is 0 Å². The normalized spacial score (nSPS) is 12.4. The second kappa shape index (κ2) is 6.18. The topological polar surface area (TPSA) is 12.0 Å². The highest BCUT2D eigenvalue weighted by Crippen LogP contribution is 2.23. The van der Waals surface area contributed by atoms with Crippen LogP contribution in [-0.2, 0) is 6.42 Å². The molecule has 0 fully saturated rings. The van der Waals surface area contributed by atoms with E-state index in [-0.39, 0.29) is 11.9 Å². The van der Waals surface area contributed by atoms with Gasteiger partial charge in [0.2, 0.25) is 0 Å². The standard InChI is InChI=1S/C16H17ClFN/c1-11-4-3-5-14(16(11)18)15(19-2)10-12-6-8-13(17)9-7-12/h3-9,15,19H,10H2,1-2H3. The maximum Gasteiger partial charge on any atom is 0.130 e. The number of rotatable bonds is 4. The van der Waals surface area contributed by atoms with Crippen LogP contribution in [0.3, 0.4) is 0 Å². The highest BCUT2D eigenvalue weighted by molar-refractivity contribution is 6.30. The Labute approximate surface area is 118 Å². The third kappa shape index (κ3) is 3.34. The van der Waals surface area contributed by atoms with Crippen LogP contribution < -0.4 is 5.32 Å². The zero-order valence-electron chi connectivity index (χ0n) is 11.1. The molecule has 0 saturated heterocycles. The molecular formula is C16H17ClFN. The summed E-state index contributed by atoms with van der Waals surface area (Å²) in [6.45, 7) is 1.79. The summed E-state index contributed by atoms with van der Waals surface area (Å²) in [4.78, 5) is 0. The molecule has 100 valence electrons. The van der Waals surface area contributed by atoms with Gasteiger partial charge in [0.25, 0.3) is 0 Å². The summed E-state index contributed by atoms with van der Waals surface area (Å²) < 4.78 is 14.1. The van der Waals surface area contributed by atoms with E-state index in [1.54, 1.807) is 13.0 Å². The summed E-state index contributed by atoms with van der Waals surface area (Å²) in [7, 11) is 1.85. The molecule has 0 aliphatic rings. The zero-order valence-corrected chi connectivity index (χ0v) is 11.8. The van der Waals surface area contributed by atoms with Gasteiger partial charge in [0.1, 0.15) is 5.82 Å². The lowest BCUT2D eigenvalue weighted by atomic mass is 9.97. The first-order valence-corrected chi connectivity index (χ1v) is 6.66. The molecule has 0 heterocycles. The fourth-order valence-electron chi connectivity index (χ4n) is 2.16. The molecule has 0 bridgehead atoms. The number of benzene rings is 2. The number of halogens is 2. The molecule has 1 unspecified atom stereocenters. The van der Waals surface area contributed by atoms with Gasteiger partial charge in [-0.05, 0) is 43.7 Å². The van der Waals surface area contributed by atoms with E-state index in [0.29, 0.717) is 16.1 Å². The lowest BCUT2D eigenvalue weighted by molar-refractivity contribution is 0.530. The SMILES string of the molecule is CNC(Cc1ccc(Cl)cc1)c1cccc(C)c1F. The number of likely N-dealkylation sites (N-methyl/N-ethyl adjacent to an activating group) is 1. The summed E-state index contributed by atoms with van der Waals surface area (Å²) >= 11 is 5.87. The van der Waals surface area contributed by atoms with E-state index in [4.69, 9.17) is 11.6 Å². The van der Waals surface area contributed by atoms with Gasteiger partial charge in [0.05, 0.1) is 0 Å². The summed E-state index contributed by atoms with van der Waals surface area (Å²) in [6.07, 6.45) is 0.730. The van der Waals surface area contributed by atoms with Gasteiger partial charge in [-0.15, -0.1) is 0 Å².